The lowest BCUT2D eigenvalue weighted by Gasteiger charge is -2.32. The van der Waals surface area contributed by atoms with Crippen molar-refractivity contribution in [3.05, 3.63) is 0 Å². The van der Waals surface area contributed by atoms with Crippen LogP contribution in [0.2, 0.25) is 0 Å². The molecule has 0 aromatic rings. The molecule has 2 rings (SSSR count). The maximum absolute atomic E-state index is 3.69. The van der Waals surface area contributed by atoms with Crippen molar-refractivity contribution in [2.75, 3.05) is 26.7 Å². The van der Waals surface area contributed by atoms with Crippen LogP contribution in [0.5, 0.6) is 0 Å². The molecule has 1 heterocycles. The van der Waals surface area contributed by atoms with Gasteiger partial charge in [0.2, 0.25) is 0 Å². The van der Waals surface area contributed by atoms with Gasteiger partial charge in [0.25, 0.3) is 0 Å². The molecule has 1 atom stereocenters. The van der Waals surface area contributed by atoms with E-state index in [9.17, 15) is 0 Å². The molecule has 1 saturated heterocycles. The lowest BCUT2D eigenvalue weighted by molar-refractivity contribution is 0.175. The van der Waals surface area contributed by atoms with Crippen LogP contribution in [0.3, 0.4) is 0 Å². The molecule has 1 aliphatic carbocycles. The summed E-state index contributed by atoms with van der Waals surface area (Å²) in [6, 6.07) is 0.844. The van der Waals surface area contributed by atoms with E-state index in [2.05, 4.69) is 24.2 Å². The first-order valence-electron chi connectivity index (χ1n) is 8.66. The number of hydrogen-bond donors (Lipinski definition) is 1. The molecule has 2 heteroatoms. The summed E-state index contributed by atoms with van der Waals surface area (Å²) < 4.78 is 0. The van der Waals surface area contributed by atoms with Crippen LogP contribution in [0.25, 0.3) is 0 Å². The van der Waals surface area contributed by atoms with Gasteiger partial charge in [-0.2, -0.15) is 0 Å². The molecule has 1 aliphatic heterocycles. The van der Waals surface area contributed by atoms with Crippen molar-refractivity contribution < 1.29 is 0 Å². The number of nitrogens with zero attached hydrogens (tertiary/aromatic N) is 1. The fourth-order valence-electron chi connectivity index (χ4n) is 3.83. The second kappa shape index (κ2) is 8.26. The molecule has 2 nitrogen and oxygen atoms in total. The Morgan fingerprint density at radius 1 is 0.947 bits per heavy atom. The Hall–Kier alpha value is -0.0800. The van der Waals surface area contributed by atoms with Gasteiger partial charge in [-0.05, 0) is 64.2 Å². The summed E-state index contributed by atoms with van der Waals surface area (Å²) in [6.07, 6.45) is 12.9. The molecule has 0 radical (unpaired) electrons. The van der Waals surface area contributed by atoms with Gasteiger partial charge in [-0.3, -0.25) is 0 Å². The van der Waals surface area contributed by atoms with Gasteiger partial charge in [0.05, 0.1) is 0 Å². The summed E-state index contributed by atoms with van der Waals surface area (Å²) in [5, 5.41) is 3.69. The van der Waals surface area contributed by atoms with E-state index in [-0.39, 0.29) is 0 Å². The zero-order valence-corrected chi connectivity index (χ0v) is 13.2. The van der Waals surface area contributed by atoms with Crippen molar-refractivity contribution in [2.45, 2.75) is 70.8 Å². The molecular weight excluding hydrogens is 232 g/mol. The van der Waals surface area contributed by atoms with Gasteiger partial charge >= 0.3 is 0 Å². The summed E-state index contributed by atoms with van der Waals surface area (Å²) in [4.78, 5) is 2.56. The van der Waals surface area contributed by atoms with Crippen molar-refractivity contribution in [3.63, 3.8) is 0 Å². The minimum absolute atomic E-state index is 0.844. The highest BCUT2D eigenvalue weighted by Gasteiger charge is 2.19. The van der Waals surface area contributed by atoms with Crippen molar-refractivity contribution in [3.8, 4) is 0 Å². The Morgan fingerprint density at radius 3 is 2.42 bits per heavy atom. The Balaban J connectivity index is 1.48. The summed E-state index contributed by atoms with van der Waals surface area (Å²) in [6.45, 7) is 6.19. The standard InChI is InChI=1S/C17H34N2/c1-15-6-8-16(9-7-15)10-12-18-13-11-17-5-3-4-14-19(17)2/h15-18H,3-14H2,1-2H3. The van der Waals surface area contributed by atoms with Crippen LogP contribution in [0.15, 0.2) is 0 Å². The van der Waals surface area contributed by atoms with Gasteiger partial charge in [0, 0.05) is 6.04 Å². The molecular formula is C17H34N2. The molecule has 112 valence electrons. The number of rotatable bonds is 6. The van der Waals surface area contributed by atoms with Gasteiger partial charge in [-0.25, -0.2) is 0 Å². The van der Waals surface area contributed by atoms with Crippen LogP contribution in [-0.2, 0) is 0 Å². The Bertz CT molecular complexity index is 233. The third-order valence-corrected chi connectivity index (χ3v) is 5.44. The van der Waals surface area contributed by atoms with Crippen LogP contribution >= 0.6 is 0 Å². The molecule has 1 saturated carbocycles. The minimum atomic E-state index is 0.844. The first kappa shape index (κ1) is 15.3. The second-order valence-corrected chi connectivity index (χ2v) is 7.08. The van der Waals surface area contributed by atoms with Crippen LogP contribution in [0, 0.1) is 11.8 Å². The lowest BCUT2D eigenvalue weighted by Crippen LogP contribution is -2.38. The third kappa shape index (κ3) is 5.43. The van der Waals surface area contributed by atoms with Gasteiger partial charge in [-0.1, -0.05) is 39.0 Å². The maximum atomic E-state index is 3.69. The first-order chi connectivity index (χ1) is 9.25. The Morgan fingerprint density at radius 2 is 1.68 bits per heavy atom. The molecule has 0 aromatic carbocycles. The van der Waals surface area contributed by atoms with Crippen molar-refractivity contribution in [1.29, 1.82) is 0 Å². The molecule has 2 aliphatic rings. The van der Waals surface area contributed by atoms with E-state index in [1.807, 2.05) is 0 Å². The molecule has 0 spiro atoms. The number of likely N-dealkylation sites (tertiary alicyclic amines) is 1. The third-order valence-electron chi connectivity index (χ3n) is 5.44. The topological polar surface area (TPSA) is 15.3 Å². The SMILES string of the molecule is CC1CCC(CCNCCC2CCCCN2C)CC1. The van der Waals surface area contributed by atoms with E-state index in [0.29, 0.717) is 0 Å². The first-order valence-corrected chi connectivity index (χ1v) is 8.66. The van der Waals surface area contributed by atoms with Crippen molar-refractivity contribution in [1.82, 2.24) is 10.2 Å². The fourth-order valence-corrected chi connectivity index (χ4v) is 3.83. The van der Waals surface area contributed by atoms with Crippen molar-refractivity contribution >= 4 is 0 Å². The average Bonchev–Trinajstić information content (AvgIpc) is 2.42. The second-order valence-electron chi connectivity index (χ2n) is 7.08. The molecule has 0 aromatic heterocycles. The van der Waals surface area contributed by atoms with E-state index in [4.69, 9.17) is 0 Å². The highest BCUT2D eigenvalue weighted by Crippen LogP contribution is 2.29. The number of piperidine rings is 1. The van der Waals surface area contributed by atoms with E-state index < -0.39 is 0 Å². The summed E-state index contributed by atoms with van der Waals surface area (Å²) in [5.74, 6) is 2.01. The zero-order valence-electron chi connectivity index (χ0n) is 13.2. The minimum Gasteiger partial charge on any atom is -0.317 e. The smallest absolute Gasteiger partial charge is 0.0104 e. The van der Waals surface area contributed by atoms with Crippen molar-refractivity contribution in [2.24, 2.45) is 11.8 Å². The number of nitrogens with one attached hydrogen (secondary N) is 1. The van der Waals surface area contributed by atoms with Gasteiger partial charge in [0.1, 0.15) is 0 Å². The quantitative estimate of drug-likeness (QED) is 0.738. The van der Waals surface area contributed by atoms with Crippen LogP contribution in [0.1, 0.15) is 64.7 Å². The molecule has 0 bridgehead atoms. The summed E-state index contributed by atoms with van der Waals surface area (Å²) in [7, 11) is 2.30. The van der Waals surface area contributed by atoms with E-state index in [1.165, 1.54) is 77.4 Å². The highest BCUT2D eigenvalue weighted by molar-refractivity contribution is 4.75. The predicted molar refractivity (Wildman–Crippen MR) is 83.5 cm³/mol. The van der Waals surface area contributed by atoms with Crippen LogP contribution < -0.4 is 5.32 Å². The highest BCUT2D eigenvalue weighted by atomic mass is 15.1. The van der Waals surface area contributed by atoms with Crippen LogP contribution in [0.4, 0.5) is 0 Å². The average molecular weight is 266 g/mol. The van der Waals surface area contributed by atoms with E-state index in [1.54, 1.807) is 0 Å². The zero-order chi connectivity index (χ0) is 13.5. The van der Waals surface area contributed by atoms with Gasteiger partial charge in [0.15, 0.2) is 0 Å². The van der Waals surface area contributed by atoms with Gasteiger partial charge in [-0.15, -0.1) is 0 Å². The summed E-state index contributed by atoms with van der Waals surface area (Å²) >= 11 is 0. The predicted octanol–water partition coefficient (Wildman–Crippen LogP) is 3.67. The van der Waals surface area contributed by atoms with E-state index in [0.717, 1.165) is 17.9 Å². The van der Waals surface area contributed by atoms with E-state index >= 15 is 0 Å². The Labute approximate surface area is 120 Å². The molecule has 19 heavy (non-hydrogen) atoms. The molecule has 0 amide bonds. The lowest BCUT2D eigenvalue weighted by atomic mass is 9.81. The van der Waals surface area contributed by atoms with Gasteiger partial charge < -0.3 is 10.2 Å². The van der Waals surface area contributed by atoms with Crippen LogP contribution in [-0.4, -0.2) is 37.6 Å². The Kier molecular flexibility index (Phi) is 6.66. The summed E-state index contributed by atoms with van der Waals surface area (Å²) in [5.41, 5.74) is 0. The largest absolute Gasteiger partial charge is 0.317 e. The molecule has 1 unspecified atom stereocenters. The maximum Gasteiger partial charge on any atom is 0.0104 e. The molecule has 2 fully saturated rings. The fraction of sp³-hybridized carbons (Fsp3) is 1.00. The molecule has 1 N–H and O–H groups in total. The normalized spacial score (nSPS) is 33.5. The monoisotopic (exact) mass is 266 g/mol. The number of hydrogen-bond acceptors (Lipinski definition) is 2.